The Morgan fingerprint density at radius 3 is 2.41 bits per heavy atom. The predicted octanol–water partition coefficient (Wildman–Crippen LogP) is 6.04. The number of benzene rings is 3. The average molecular weight is 408 g/mol. The molecule has 6 heteroatoms. The number of thiazole rings is 1. The lowest BCUT2D eigenvalue weighted by atomic mass is 10.1. The summed E-state index contributed by atoms with van der Waals surface area (Å²) in [6.45, 7) is 4.19. The lowest BCUT2D eigenvalue weighted by Gasteiger charge is -2.20. The Morgan fingerprint density at radius 1 is 1.00 bits per heavy atom. The Hall–Kier alpha value is -3.12. The van der Waals surface area contributed by atoms with Crippen LogP contribution in [0.5, 0.6) is 0 Å². The minimum Gasteiger partial charge on any atom is -0.279 e. The molecule has 0 saturated heterocycles. The number of amides is 1. The van der Waals surface area contributed by atoms with Gasteiger partial charge in [0.1, 0.15) is 11.6 Å². The summed E-state index contributed by atoms with van der Waals surface area (Å²) in [5, 5.41) is 0.481. The van der Waals surface area contributed by atoms with Gasteiger partial charge >= 0.3 is 0 Å². The van der Waals surface area contributed by atoms with Gasteiger partial charge in [-0.3, -0.25) is 9.69 Å². The number of hydrogen-bond donors (Lipinski definition) is 0. The van der Waals surface area contributed by atoms with E-state index in [1.165, 1.54) is 22.3 Å². The lowest BCUT2D eigenvalue weighted by molar-refractivity contribution is 0.0981. The third-order valence-corrected chi connectivity index (χ3v) is 5.97. The fraction of sp³-hybridized carbons (Fsp3) is 0.130. The van der Waals surface area contributed by atoms with Crippen LogP contribution in [0.3, 0.4) is 0 Å². The monoisotopic (exact) mass is 408 g/mol. The van der Waals surface area contributed by atoms with E-state index in [-0.39, 0.29) is 12.1 Å². The number of rotatable bonds is 4. The highest BCUT2D eigenvalue weighted by molar-refractivity contribution is 7.22. The summed E-state index contributed by atoms with van der Waals surface area (Å²) >= 11 is 1.39. The van der Waals surface area contributed by atoms with Gasteiger partial charge in [0, 0.05) is 6.07 Å². The predicted molar refractivity (Wildman–Crippen MR) is 112 cm³/mol. The SMILES string of the molecule is Cc1ccc(C)c2sc(N(Cc3ccccc3)C(=O)c3ccc(F)cc3F)nc12. The highest BCUT2D eigenvalue weighted by Gasteiger charge is 2.25. The fourth-order valence-corrected chi connectivity index (χ4v) is 4.27. The van der Waals surface area contributed by atoms with E-state index in [1.54, 1.807) is 0 Å². The van der Waals surface area contributed by atoms with Gasteiger partial charge in [0.05, 0.1) is 22.3 Å². The molecule has 0 atom stereocenters. The summed E-state index contributed by atoms with van der Waals surface area (Å²) < 4.78 is 28.7. The molecule has 0 bridgehead atoms. The van der Waals surface area contributed by atoms with Gasteiger partial charge in [-0.25, -0.2) is 13.8 Å². The van der Waals surface area contributed by atoms with Gasteiger partial charge in [0.2, 0.25) is 0 Å². The van der Waals surface area contributed by atoms with Gasteiger partial charge < -0.3 is 0 Å². The number of fused-ring (bicyclic) bond motifs is 1. The molecule has 4 rings (SSSR count). The molecule has 4 aromatic rings. The molecular formula is C23H18F2N2OS. The first-order chi connectivity index (χ1) is 13.9. The number of carbonyl (C=O) groups excluding carboxylic acids is 1. The molecule has 0 unspecified atom stereocenters. The smallest absolute Gasteiger partial charge is 0.263 e. The zero-order valence-electron chi connectivity index (χ0n) is 15.9. The Bertz CT molecular complexity index is 1170. The maximum Gasteiger partial charge on any atom is 0.263 e. The average Bonchev–Trinajstić information content (AvgIpc) is 3.16. The van der Waals surface area contributed by atoms with Gasteiger partial charge in [0.25, 0.3) is 5.91 Å². The Kier molecular flexibility index (Phi) is 5.11. The maximum atomic E-state index is 14.3. The number of anilines is 1. The van der Waals surface area contributed by atoms with Crippen LogP contribution in [0.2, 0.25) is 0 Å². The van der Waals surface area contributed by atoms with Crippen molar-refractivity contribution in [3.63, 3.8) is 0 Å². The largest absolute Gasteiger partial charge is 0.279 e. The number of hydrogen-bond acceptors (Lipinski definition) is 3. The normalized spacial score (nSPS) is 11.0. The van der Waals surface area contributed by atoms with Crippen LogP contribution >= 0.6 is 11.3 Å². The van der Waals surface area contributed by atoms with Gasteiger partial charge in [-0.2, -0.15) is 0 Å². The minimum atomic E-state index is -0.887. The van der Waals surface area contributed by atoms with Crippen molar-refractivity contribution in [2.45, 2.75) is 20.4 Å². The van der Waals surface area contributed by atoms with E-state index in [4.69, 9.17) is 4.98 Å². The molecule has 1 amide bonds. The molecule has 1 aromatic heterocycles. The van der Waals surface area contributed by atoms with Crippen LogP contribution in [0.15, 0.2) is 60.7 Å². The van der Waals surface area contributed by atoms with E-state index in [9.17, 15) is 13.6 Å². The quantitative estimate of drug-likeness (QED) is 0.413. The first-order valence-corrected chi connectivity index (χ1v) is 9.93. The van der Waals surface area contributed by atoms with E-state index in [0.29, 0.717) is 5.13 Å². The second-order valence-corrected chi connectivity index (χ2v) is 7.85. The molecule has 0 spiro atoms. The van der Waals surface area contributed by atoms with Crippen LogP contribution in [0, 0.1) is 25.5 Å². The molecule has 146 valence electrons. The van der Waals surface area contributed by atoms with Crippen molar-refractivity contribution in [2.75, 3.05) is 4.90 Å². The topological polar surface area (TPSA) is 33.2 Å². The molecule has 3 nitrogen and oxygen atoms in total. The molecule has 0 aliphatic carbocycles. The lowest BCUT2D eigenvalue weighted by Crippen LogP contribution is -2.31. The fourth-order valence-electron chi connectivity index (χ4n) is 3.16. The number of nitrogens with zero attached hydrogens (tertiary/aromatic N) is 2. The highest BCUT2D eigenvalue weighted by atomic mass is 32.1. The molecular weight excluding hydrogens is 390 g/mol. The molecule has 3 aromatic carbocycles. The number of aromatic nitrogens is 1. The first-order valence-electron chi connectivity index (χ1n) is 9.11. The number of aryl methyl sites for hydroxylation is 2. The third kappa shape index (κ3) is 3.76. The van der Waals surface area contributed by atoms with Crippen molar-refractivity contribution in [3.8, 4) is 0 Å². The summed E-state index contributed by atoms with van der Waals surface area (Å²) in [4.78, 5) is 19.4. The summed E-state index contributed by atoms with van der Waals surface area (Å²) in [5.41, 5.74) is 3.60. The molecule has 0 aliphatic rings. The van der Waals surface area contributed by atoms with Crippen molar-refractivity contribution in [1.29, 1.82) is 0 Å². The van der Waals surface area contributed by atoms with Gasteiger partial charge in [-0.05, 0) is 42.7 Å². The Balaban J connectivity index is 1.83. The number of halogens is 2. The standard InChI is InChI=1S/C23H18F2N2OS/c1-14-8-9-15(2)21-20(14)26-23(29-21)27(13-16-6-4-3-5-7-16)22(28)18-11-10-17(24)12-19(18)25/h3-12H,13H2,1-2H3. The van der Waals surface area contributed by atoms with Gasteiger partial charge in [-0.15, -0.1) is 0 Å². The maximum absolute atomic E-state index is 14.3. The van der Waals surface area contributed by atoms with E-state index < -0.39 is 17.5 Å². The van der Waals surface area contributed by atoms with Crippen LogP contribution in [0.4, 0.5) is 13.9 Å². The van der Waals surface area contributed by atoms with E-state index >= 15 is 0 Å². The third-order valence-electron chi connectivity index (χ3n) is 4.75. The zero-order valence-corrected chi connectivity index (χ0v) is 16.8. The summed E-state index contributed by atoms with van der Waals surface area (Å²) in [5.74, 6) is -2.16. The minimum absolute atomic E-state index is 0.185. The summed E-state index contributed by atoms with van der Waals surface area (Å²) in [6, 6.07) is 16.4. The van der Waals surface area contributed by atoms with Crippen molar-refractivity contribution in [3.05, 3.63) is 94.6 Å². The van der Waals surface area contributed by atoms with Crippen LogP contribution in [-0.4, -0.2) is 10.9 Å². The Morgan fingerprint density at radius 2 is 1.72 bits per heavy atom. The highest BCUT2D eigenvalue weighted by Crippen LogP contribution is 2.34. The van der Waals surface area contributed by atoms with Crippen molar-refractivity contribution in [1.82, 2.24) is 4.98 Å². The molecule has 29 heavy (non-hydrogen) atoms. The van der Waals surface area contributed by atoms with E-state index in [2.05, 4.69) is 0 Å². The van der Waals surface area contributed by atoms with E-state index in [1.807, 2.05) is 56.3 Å². The molecule has 0 saturated carbocycles. The molecule has 1 heterocycles. The van der Waals surface area contributed by atoms with Crippen LogP contribution in [-0.2, 0) is 6.54 Å². The van der Waals surface area contributed by atoms with Crippen molar-refractivity contribution < 1.29 is 13.6 Å². The number of carbonyl (C=O) groups is 1. The molecule has 0 radical (unpaired) electrons. The summed E-state index contributed by atoms with van der Waals surface area (Å²) in [6.07, 6.45) is 0. The Labute approximate surface area is 171 Å². The summed E-state index contributed by atoms with van der Waals surface area (Å²) in [7, 11) is 0. The van der Waals surface area contributed by atoms with Crippen molar-refractivity contribution in [2.24, 2.45) is 0 Å². The van der Waals surface area contributed by atoms with Gasteiger partial charge in [0.15, 0.2) is 5.13 Å². The van der Waals surface area contributed by atoms with Crippen molar-refractivity contribution >= 4 is 32.6 Å². The first kappa shape index (κ1) is 19.2. The molecule has 0 aliphatic heterocycles. The van der Waals surface area contributed by atoms with Crippen LogP contribution < -0.4 is 4.90 Å². The van der Waals surface area contributed by atoms with Crippen LogP contribution in [0.1, 0.15) is 27.0 Å². The van der Waals surface area contributed by atoms with Gasteiger partial charge in [-0.1, -0.05) is 53.8 Å². The molecule has 0 fully saturated rings. The molecule has 0 N–H and O–H groups in total. The second kappa shape index (κ2) is 7.72. The van der Waals surface area contributed by atoms with Crippen LogP contribution in [0.25, 0.3) is 10.2 Å². The van der Waals surface area contributed by atoms with E-state index in [0.717, 1.165) is 39.0 Å². The second-order valence-electron chi connectivity index (χ2n) is 6.87. The zero-order chi connectivity index (χ0) is 20.5.